The van der Waals surface area contributed by atoms with E-state index in [4.69, 9.17) is 22.9 Å². The molecule has 168 valence electrons. The number of anilines is 4. The summed E-state index contributed by atoms with van der Waals surface area (Å²) in [5.41, 5.74) is 28.0. The highest BCUT2D eigenvalue weighted by molar-refractivity contribution is 6.24. The molecule has 6 heteroatoms. The minimum absolute atomic E-state index is 0.0549. The maximum absolute atomic E-state index is 13.6. The van der Waals surface area contributed by atoms with Gasteiger partial charge in [-0.15, -0.1) is 0 Å². The van der Waals surface area contributed by atoms with Gasteiger partial charge in [0.25, 0.3) is 0 Å². The van der Waals surface area contributed by atoms with Crippen LogP contribution in [0.25, 0.3) is 12.2 Å². The molecule has 0 saturated heterocycles. The summed E-state index contributed by atoms with van der Waals surface area (Å²) in [4.78, 5) is 27.1. The van der Waals surface area contributed by atoms with E-state index in [1.54, 1.807) is 60.7 Å². The standard InChI is InChI=1S/C28H24N4O2/c29-21-12-8-18(9-13-21)27(33)24-23(31)16-20(7-6-17-4-2-1-3-5-17)26(32)25(24)28(34)19-10-14-22(30)15-11-19/h1-16H,29-32H2. The average molecular weight is 449 g/mol. The molecule has 0 aliphatic rings. The zero-order valence-corrected chi connectivity index (χ0v) is 18.4. The van der Waals surface area contributed by atoms with Crippen LogP contribution in [-0.2, 0) is 0 Å². The largest absolute Gasteiger partial charge is 0.399 e. The van der Waals surface area contributed by atoms with E-state index in [2.05, 4.69) is 0 Å². The second-order valence-electron chi connectivity index (χ2n) is 7.86. The molecule has 4 rings (SSSR count). The van der Waals surface area contributed by atoms with Gasteiger partial charge >= 0.3 is 0 Å². The zero-order valence-electron chi connectivity index (χ0n) is 18.4. The third kappa shape index (κ3) is 4.52. The summed E-state index contributed by atoms with van der Waals surface area (Å²) in [5, 5.41) is 0. The number of benzene rings is 4. The molecule has 0 saturated carbocycles. The smallest absolute Gasteiger partial charge is 0.195 e. The molecule has 0 bridgehead atoms. The van der Waals surface area contributed by atoms with E-state index in [9.17, 15) is 9.59 Å². The lowest BCUT2D eigenvalue weighted by molar-refractivity contribution is 0.100. The van der Waals surface area contributed by atoms with Crippen molar-refractivity contribution in [3.63, 3.8) is 0 Å². The molecule has 0 fully saturated rings. The lowest BCUT2D eigenvalue weighted by atomic mass is 9.88. The van der Waals surface area contributed by atoms with Crippen molar-refractivity contribution in [1.82, 2.24) is 0 Å². The zero-order chi connectivity index (χ0) is 24.2. The number of nitrogens with two attached hydrogens (primary N) is 4. The summed E-state index contributed by atoms with van der Waals surface area (Å²) in [5.74, 6) is -0.834. The predicted molar refractivity (Wildman–Crippen MR) is 139 cm³/mol. The molecule has 4 aromatic carbocycles. The van der Waals surface area contributed by atoms with E-state index in [1.165, 1.54) is 0 Å². The van der Waals surface area contributed by atoms with Gasteiger partial charge in [-0.3, -0.25) is 9.59 Å². The highest BCUT2D eigenvalue weighted by atomic mass is 16.1. The van der Waals surface area contributed by atoms with Crippen LogP contribution in [0.5, 0.6) is 0 Å². The van der Waals surface area contributed by atoms with Crippen molar-refractivity contribution < 1.29 is 9.59 Å². The number of ketones is 2. The minimum atomic E-state index is -0.419. The fourth-order valence-electron chi connectivity index (χ4n) is 3.67. The molecule has 0 aliphatic carbocycles. The Morgan fingerprint density at radius 2 is 1.09 bits per heavy atom. The lowest BCUT2D eigenvalue weighted by Crippen LogP contribution is -2.17. The van der Waals surface area contributed by atoms with Crippen LogP contribution >= 0.6 is 0 Å². The van der Waals surface area contributed by atoms with Gasteiger partial charge in [0.2, 0.25) is 0 Å². The summed E-state index contributed by atoms with van der Waals surface area (Å²) in [6.45, 7) is 0. The molecule has 0 heterocycles. The summed E-state index contributed by atoms with van der Waals surface area (Å²) in [6.07, 6.45) is 3.64. The van der Waals surface area contributed by atoms with E-state index in [0.29, 0.717) is 28.1 Å². The van der Waals surface area contributed by atoms with Crippen LogP contribution in [0, 0.1) is 0 Å². The van der Waals surface area contributed by atoms with Crippen LogP contribution in [0.15, 0.2) is 84.9 Å². The molecule has 8 N–H and O–H groups in total. The number of carbonyl (C=O) groups excluding carboxylic acids is 2. The molecule has 0 aromatic heterocycles. The fourth-order valence-corrected chi connectivity index (χ4v) is 3.67. The van der Waals surface area contributed by atoms with Crippen molar-refractivity contribution in [3.8, 4) is 0 Å². The number of hydrogen-bond donors (Lipinski definition) is 4. The third-order valence-electron chi connectivity index (χ3n) is 5.48. The van der Waals surface area contributed by atoms with E-state index in [1.807, 2.05) is 36.4 Å². The number of carbonyl (C=O) groups is 2. The normalized spacial score (nSPS) is 10.9. The van der Waals surface area contributed by atoms with Gasteiger partial charge in [-0.2, -0.15) is 0 Å². The molecule has 6 nitrogen and oxygen atoms in total. The molecule has 0 aliphatic heterocycles. The van der Waals surface area contributed by atoms with E-state index < -0.39 is 11.6 Å². The summed E-state index contributed by atoms with van der Waals surface area (Å²) < 4.78 is 0. The van der Waals surface area contributed by atoms with Crippen molar-refractivity contribution in [1.29, 1.82) is 0 Å². The molecule has 0 atom stereocenters. The molecule has 4 aromatic rings. The van der Waals surface area contributed by atoms with Crippen molar-refractivity contribution in [2.24, 2.45) is 0 Å². The van der Waals surface area contributed by atoms with Crippen LogP contribution in [0.3, 0.4) is 0 Å². The molecule has 0 spiro atoms. The van der Waals surface area contributed by atoms with Gasteiger partial charge in [0.05, 0.1) is 16.8 Å². The topological polar surface area (TPSA) is 138 Å². The predicted octanol–water partition coefficient (Wildman–Crippen LogP) is 4.65. The molecule has 0 radical (unpaired) electrons. The van der Waals surface area contributed by atoms with Crippen LogP contribution in [0.2, 0.25) is 0 Å². The van der Waals surface area contributed by atoms with Crippen molar-refractivity contribution in [3.05, 3.63) is 118 Å². The first-order valence-corrected chi connectivity index (χ1v) is 10.6. The second-order valence-corrected chi connectivity index (χ2v) is 7.86. The Bertz CT molecular complexity index is 1390. The van der Waals surface area contributed by atoms with Crippen LogP contribution in [-0.4, -0.2) is 11.6 Å². The maximum atomic E-state index is 13.6. The second kappa shape index (κ2) is 9.34. The molecule has 0 unspecified atom stereocenters. The van der Waals surface area contributed by atoms with Gasteiger partial charge in [0, 0.05) is 33.8 Å². The monoisotopic (exact) mass is 448 g/mol. The van der Waals surface area contributed by atoms with Crippen molar-refractivity contribution in [2.45, 2.75) is 0 Å². The van der Waals surface area contributed by atoms with Gasteiger partial charge in [-0.05, 0) is 60.2 Å². The maximum Gasteiger partial charge on any atom is 0.195 e. The first kappa shape index (κ1) is 22.4. The van der Waals surface area contributed by atoms with Gasteiger partial charge < -0.3 is 22.9 Å². The van der Waals surface area contributed by atoms with Crippen LogP contribution in [0.1, 0.15) is 43.0 Å². The lowest BCUT2D eigenvalue weighted by Gasteiger charge is -2.16. The number of nitrogen functional groups attached to an aromatic ring is 4. The van der Waals surface area contributed by atoms with Crippen molar-refractivity contribution in [2.75, 3.05) is 22.9 Å². The van der Waals surface area contributed by atoms with Crippen molar-refractivity contribution >= 4 is 46.5 Å². The quantitative estimate of drug-likeness (QED) is 0.192. The van der Waals surface area contributed by atoms with Crippen LogP contribution in [0.4, 0.5) is 22.7 Å². The van der Waals surface area contributed by atoms with Crippen LogP contribution < -0.4 is 22.9 Å². The Morgan fingerprint density at radius 1 is 0.588 bits per heavy atom. The molecular weight excluding hydrogens is 424 g/mol. The SMILES string of the molecule is Nc1ccc(C(=O)c2c(N)cc(C=Cc3ccccc3)c(N)c2C(=O)c2ccc(N)cc2)cc1. The van der Waals surface area contributed by atoms with E-state index >= 15 is 0 Å². The highest BCUT2D eigenvalue weighted by Crippen LogP contribution is 2.33. The van der Waals surface area contributed by atoms with Gasteiger partial charge in [-0.1, -0.05) is 42.5 Å². The Labute approximate surface area is 197 Å². The fraction of sp³-hybridized carbons (Fsp3) is 0. The average Bonchev–Trinajstić information content (AvgIpc) is 2.85. The summed E-state index contributed by atoms with van der Waals surface area (Å²) in [7, 11) is 0. The minimum Gasteiger partial charge on any atom is -0.399 e. The molecule has 0 amide bonds. The molecule has 34 heavy (non-hydrogen) atoms. The van der Waals surface area contributed by atoms with Gasteiger partial charge in [0.1, 0.15) is 0 Å². The van der Waals surface area contributed by atoms with E-state index in [-0.39, 0.29) is 22.5 Å². The third-order valence-corrected chi connectivity index (χ3v) is 5.48. The highest BCUT2D eigenvalue weighted by Gasteiger charge is 2.26. The first-order chi connectivity index (χ1) is 16.3. The Morgan fingerprint density at radius 3 is 1.62 bits per heavy atom. The summed E-state index contributed by atoms with van der Waals surface area (Å²) >= 11 is 0. The number of hydrogen-bond acceptors (Lipinski definition) is 6. The van der Waals surface area contributed by atoms with E-state index in [0.717, 1.165) is 5.56 Å². The van der Waals surface area contributed by atoms with Gasteiger partial charge in [-0.25, -0.2) is 0 Å². The number of rotatable bonds is 6. The Balaban J connectivity index is 1.89. The summed E-state index contributed by atoms with van der Waals surface area (Å²) in [6, 6.07) is 24.1. The Hall–Kier alpha value is -4.84. The first-order valence-electron chi connectivity index (χ1n) is 10.6. The Kier molecular flexibility index (Phi) is 6.14. The van der Waals surface area contributed by atoms with Gasteiger partial charge in [0.15, 0.2) is 11.6 Å². The molecular formula is C28H24N4O2.